The van der Waals surface area contributed by atoms with Crippen molar-refractivity contribution in [3.8, 4) is 5.75 Å². The number of nitrogens with one attached hydrogen (secondary N) is 1. The molecule has 1 saturated heterocycles. The number of rotatable bonds is 6. The summed E-state index contributed by atoms with van der Waals surface area (Å²) in [5.41, 5.74) is 2.60. The fraction of sp³-hybridized carbons (Fsp3) is 0.348. The summed E-state index contributed by atoms with van der Waals surface area (Å²) in [6.45, 7) is 4.16. The second-order valence-electron chi connectivity index (χ2n) is 7.49. The molecule has 1 aromatic carbocycles. The second kappa shape index (κ2) is 10.7. The van der Waals surface area contributed by atoms with Gasteiger partial charge < -0.3 is 19.9 Å². The van der Waals surface area contributed by atoms with Gasteiger partial charge in [0.1, 0.15) is 5.75 Å². The molecule has 0 unspecified atom stereocenters. The largest absolute Gasteiger partial charge is 0.494 e. The number of hydrogen-bond donors (Lipinski definition) is 3. The number of aromatic nitrogens is 2. The van der Waals surface area contributed by atoms with Crippen LogP contribution in [0.2, 0.25) is 0 Å². The van der Waals surface area contributed by atoms with Gasteiger partial charge in [0.05, 0.1) is 12.7 Å². The maximum absolute atomic E-state index is 12.5. The Kier molecular flexibility index (Phi) is 7.75. The number of likely N-dealkylation sites (tertiary alicyclic amines) is 1. The average molecular weight is 425 g/mol. The first-order chi connectivity index (χ1) is 15.0. The molecule has 3 heterocycles. The first-order valence-electron chi connectivity index (χ1n) is 10.2. The third-order valence-corrected chi connectivity index (χ3v) is 5.33. The van der Waals surface area contributed by atoms with Crippen molar-refractivity contribution in [1.29, 1.82) is 0 Å². The normalized spacial score (nSPS) is 18.4. The predicted octanol–water partition coefficient (Wildman–Crippen LogP) is 2.06. The number of pyridine rings is 2. The smallest absolute Gasteiger partial charge is 0.290 e. The number of aromatic amines is 1. The van der Waals surface area contributed by atoms with Crippen molar-refractivity contribution in [1.82, 2.24) is 14.9 Å². The van der Waals surface area contributed by atoms with Crippen molar-refractivity contribution >= 4 is 17.4 Å². The Hall–Kier alpha value is -3.23. The van der Waals surface area contributed by atoms with Crippen molar-refractivity contribution < 1.29 is 19.7 Å². The minimum Gasteiger partial charge on any atom is -0.494 e. The molecule has 1 aliphatic heterocycles. The summed E-state index contributed by atoms with van der Waals surface area (Å²) in [5, 5.41) is 18.3. The van der Waals surface area contributed by atoms with Crippen LogP contribution in [0.25, 0.3) is 10.9 Å². The van der Waals surface area contributed by atoms with Gasteiger partial charge in [-0.15, -0.1) is 0 Å². The zero-order chi connectivity index (χ0) is 22.2. The molecule has 0 saturated carbocycles. The highest BCUT2D eigenvalue weighted by molar-refractivity contribution is 5.80. The van der Waals surface area contributed by atoms with Gasteiger partial charge in [0.15, 0.2) is 0 Å². The molecule has 4 rings (SSSR count). The Morgan fingerprint density at radius 2 is 1.97 bits per heavy atom. The second-order valence-corrected chi connectivity index (χ2v) is 7.49. The molecule has 2 atom stereocenters. The third-order valence-electron chi connectivity index (χ3n) is 5.33. The van der Waals surface area contributed by atoms with Gasteiger partial charge in [0.2, 0.25) is 0 Å². The van der Waals surface area contributed by atoms with Crippen molar-refractivity contribution in [2.75, 3.05) is 19.7 Å². The van der Waals surface area contributed by atoms with Crippen LogP contribution < -0.4 is 10.3 Å². The van der Waals surface area contributed by atoms with E-state index in [1.54, 1.807) is 12.4 Å². The zero-order valence-corrected chi connectivity index (χ0v) is 17.4. The molecule has 0 bridgehead atoms. The number of carbonyl (C=O) groups is 1. The Balaban J connectivity index is 0.000000858. The summed E-state index contributed by atoms with van der Waals surface area (Å²) >= 11 is 0. The fourth-order valence-electron chi connectivity index (χ4n) is 3.94. The Morgan fingerprint density at radius 1 is 1.23 bits per heavy atom. The zero-order valence-electron chi connectivity index (χ0n) is 17.4. The van der Waals surface area contributed by atoms with Crippen LogP contribution in [0.4, 0.5) is 0 Å². The van der Waals surface area contributed by atoms with Crippen molar-refractivity contribution in [3.05, 3.63) is 70.3 Å². The average Bonchev–Trinajstić information content (AvgIpc) is 3.09. The minimum absolute atomic E-state index is 0.0799. The van der Waals surface area contributed by atoms with E-state index in [-0.39, 0.29) is 17.9 Å². The molecule has 2 aromatic heterocycles. The van der Waals surface area contributed by atoms with Crippen LogP contribution in [0.5, 0.6) is 5.75 Å². The molecule has 31 heavy (non-hydrogen) atoms. The molecule has 0 spiro atoms. The summed E-state index contributed by atoms with van der Waals surface area (Å²) in [7, 11) is 0. The van der Waals surface area contributed by atoms with Gasteiger partial charge in [0.25, 0.3) is 12.0 Å². The van der Waals surface area contributed by atoms with E-state index in [4.69, 9.17) is 14.6 Å². The standard InChI is InChI=1S/C22H25N3O3.CH2O2/c1-2-28-19-3-4-20-16(11-19)10-18(22(27)24-20)13-25-12-17(21(26)14-25)9-15-5-7-23-8-6-15;2-1-3/h3-8,10-11,17,21,26H,2,9,12-14H2,1H3,(H,24,27);1H,(H,2,3)/t17-,21+;/m1./s1. The number of ether oxygens (including phenoxy) is 1. The van der Waals surface area contributed by atoms with Gasteiger partial charge in [-0.1, -0.05) is 0 Å². The third kappa shape index (κ3) is 5.90. The van der Waals surface area contributed by atoms with Gasteiger partial charge in [-0.25, -0.2) is 0 Å². The fourth-order valence-corrected chi connectivity index (χ4v) is 3.94. The quantitative estimate of drug-likeness (QED) is 0.518. The van der Waals surface area contributed by atoms with E-state index in [0.29, 0.717) is 25.3 Å². The molecule has 0 amide bonds. The van der Waals surface area contributed by atoms with Gasteiger partial charge in [-0.3, -0.25) is 19.5 Å². The van der Waals surface area contributed by atoms with Crippen LogP contribution in [0, 0.1) is 5.92 Å². The topological polar surface area (TPSA) is 116 Å². The van der Waals surface area contributed by atoms with Crippen LogP contribution in [0.3, 0.4) is 0 Å². The van der Waals surface area contributed by atoms with Crippen LogP contribution in [0.1, 0.15) is 18.1 Å². The molecule has 1 aliphatic rings. The number of carboxylic acid groups (broad SMARTS) is 1. The first kappa shape index (κ1) is 22.5. The number of nitrogens with zero attached hydrogens (tertiary/aromatic N) is 2. The predicted molar refractivity (Wildman–Crippen MR) is 117 cm³/mol. The lowest BCUT2D eigenvalue weighted by atomic mass is 9.97. The molecule has 8 heteroatoms. The van der Waals surface area contributed by atoms with Gasteiger partial charge in [-0.05, 0) is 55.3 Å². The minimum atomic E-state index is -0.391. The number of aliphatic hydroxyl groups is 1. The van der Waals surface area contributed by atoms with E-state index in [9.17, 15) is 9.90 Å². The van der Waals surface area contributed by atoms with Crippen molar-refractivity contribution in [2.45, 2.75) is 26.0 Å². The van der Waals surface area contributed by atoms with Crippen molar-refractivity contribution in [3.63, 3.8) is 0 Å². The SMILES string of the molecule is CCOc1ccc2[nH]c(=O)c(CN3C[C@@H](Cc4ccncc4)[C@@H](O)C3)cc2c1.O=CO. The van der Waals surface area contributed by atoms with E-state index >= 15 is 0 Å². The highest BCUT2D eigenvalue weighted by atomic mass is 16.5. The first-order valence-corrected chi connectivity index (χ1v) is 10.2. The summed E-state index contributed by atoms with van der Waals surface area (Å²) in [6.07, 6.45) is 3.97. The van der Waals surface area contributed by atoms with Crippen LogP contribution in [-0.2, 0) is 17.8 Å². The molecule has 0 radical (unpaired) electrons. The molecule has 3 aromatic rings. The van der Waals surface area contributed by atoms with E-state index in [0.717, 1.165) is 29.6 Å². The number of fused-ring (bicyclic) bond motifs is 1. The molecule has 1 fully saturated rings. The monoisotopic (exact) mass is 425 g/mol. The van der Waals surface area contributed by atoms with Crippen LogP contribution in [0.15, 0.2) is 53.6 Å². The van der Waals surface area contributed by atoms with E-state index in [2.05, 4.69) is 14.9 Å². The summed E-state index contributed by atoms with van der Waals surface area (Å²) in [5.74, 6) is 0.952. The van der Waals surface area contributed by atoms with Crippen LogP contribution >= 0.6 is 0 Å². The summed E-state index contributed by atoms with van der Waals surface area (Å²) in [4.78, 5) is 30.0. The number of aliphatic hydroxyl groups excluding tert-OH is 1. The Morgan fingerprint density at radius 3 is 2.68 bits per heavy atom. The summed E-state index contributed by atoms with van der Waals surface area (Å²) < 4.78 is 5.56. The lowest BCUT2D eigenvalue weighted by molar-refractivity contribution is -0.122. The molecule has 3 N–H and O–H groups in total. The van der Waals surface area contributed by atoms with Gasteiger partial charge in [0, 0.05) is 54.4 Å². The molecule has 8 nitrogen and oxygen atoms in total. The number of benzene rings is 1. The number of β-amino-alcohol motifs (C(OH)–C–C–N with tert-alkyl or cyclic N) is 1. The highest BCUT2D eigenvalue weighted by Crippen LogP contribution is 2.24. The lowest BCUT2D eigenvalue weighted by Crippen LogP contribution is -2.25. The van der Waals surface area contributed by atoms with E-state index in [1.807, 2.05) is 43.3 Å². The highest BCUT2D eigenvalue weighted by Gasteiger charge is 2.31. The Labute approximate surface area is 180 Å². The van der Waals surface area contributed by atoms with Crippen LogP contribution in [-0.4, -0.2) is 57.4 Å². The number of hydrogen-bond acceptors (Lipinski definition) is 6. The Bertz CT molecular complexity index is 1050. The van der Waals surface area contributed by atoms with Crippen molar-refractivity contribution in [2.24, 2.45) is 5.92 Å². The maximum Gasteiger partial charge on any atom is 0.290 e. The summed E-state index contributed by atoms with van der Waals surface area (Å²) in [6, 6.07) is 11.6. The maximum atomic E-state index is 12.5. The van der Waals surface area contributed by atoms with E-state index < -0.39 is 6.10 Å². The molecule has 0 aliphatic carbocycles. The van der Waals surface area contributed by atoms with E-state index in [1.165, 1.54) is 5.56 Å². The molecular formula is C23H27N3O5. The lowest BCUT2D eigenvalue weighted by Gasteiger charge is -2.16. The number of H-pyrrole nitrogens is 1. The molecule has 164 valence electrons. The molecular weight excluding hydrogens is 398 g/mol. The van der Waals surface area contributed by atoms with Gasteiger partial charge in [-0.2, -0.15) is 0 Å². The van der Waals surface area contributed by atoms with Gasteiger partial charge >= 0.3 is 0 Å².